The van der Waals surface area contributed by atoms with Crippen LogP contribution in [0.4, 0.5) is 10.2 Å². The minimum Gasteiger partial charge on any atom is -0.493 e. The van der Waals surface area contributed by atoms with Crippen molar-refractivity contribution >= 4 is 28.5 Å². The van der Waals surface area contributed by atoms with Crippen LogP contribution in [0.5, 0.6) is 11.5 Å². The number of benzene rings is 1. The number of anilines is 1. The van der Waals surface area contributed by atoms with Crippen molar-refractivity contribution in [2.75, 3.05) is 57.9 Å². The highest BCUT2D eigenvalue weighted by Gasteiger charge is 2.38. The van der Waals surface area contributed by atoms with Crippen molar-refractivity contribution in [3.8, 4) is 11.5 Å². The average molecular weight is 567 g/mol. The van der Waals surface area contributed by atoms with Gasteiger partial charge in [-0.05, 0) is 32.8 Å². The maximum absolute atomic E-state index is 14.2. The number of piperazine rings is 1. The summed E-state index contributed by atoms with van der Waals surface area (Å²) in [6, 6.07) is 4.12. The highest BCUT2D eigenvalue weighted by Crippen LogP contribution is 2.41. The van der Waals surface area contributed by atoms with Crippen LogP contribution in [0.2, 0.25) is 0 Å². The van der Waals surface area contributed by atoms with Gasteiger partial charge in [0.15, 0.2) is 17.3 Å². The van der Waals surface area contributed by atoms with Crippen LogP contribution in [0, 0.1) is 5.82 Å². The van der Waals surface area contributed by atoms with Gasteiger partial charge in [0.05, 0.1) is 20.3 Å². The Morgan fingerprint density at radius 3 is 2.59 bits per heavy atom. The van der Waals surface area contributed by atoms with E-state index in [1.807, 2.05) is 23.3 Å². The van der Waals surface area contributed by atoms with Crippen molar-refractivity contribution in [3.63, 3.8) is 0 Å². The summed E-state index contributed by atoms with van der Waals surface area (Å²) in [6.45, 7) is 7.46. The van der Waals surface area contributed by atoms with Crippen molar-refractivity contribution in [2.45, 2.75) is 45.7 Å². The molecule has 0 N–H and O–H groups in total. The van der Waals surface area contributed by atoms with Crippen LogP contribution >= 0.6 is 0 Å². The van der Waals surface area contributed by atoms with Crippen LogP contribution in [0.3, 0.4) is 0 Å². The molecular weight excluding hydrogens is 531 g/mol. The van der Waals surface area contributed by atoms with Crippen molar-refractivity contribution in [3.05, 3.63) is 45.6 Å². The molecule has 0 spiro atoms. The molecule has 4 aliphatic rings. The zero-order valence-corrected chi connectivity index (χ0v) is 23.7. The van der Waals surface area contributed by atoms with Gasteiger partial charge in [0.25, 0.3) is 11.5 Å². The topological polar surface area (TPSA) is 102 Å². The van der Waals surface area contributed by atoms with Gasteiger partial charge < -0.3 is 28.7 Å². The molecule has 4 bridgehead atoms. The highest BCUT2D eigenvalue weighted by molar-refractivity contribution is 6.07. The number of likely N-dealkylation sites (N-methyl/N-ethyl adjacent to an activating group) is 1. The number of methoxy groups -OCH3 is 1. The molecule has 4 aliphatic heterocycles. The standard InChI is InChI=1S/C29H35FN6O5/c1-4-32-16-18(2)36-24-23(26(40-3)25(36)29(32)39)28(38)35-17-19-8-9-20(30)15-21(19)41-14-6-5-7-22(37)33-10-12-34(13-11-33)27(24)31-35/h8-9,15,18H,4-7,10-14,16-17H2,1-3H3/t18-/m0/s1. The molecule has 0 radical (unpaired) electrons. The van der Waals surface area contributed by atoms with Crippen LogP contribution < -0.4 is 19.9 Å². The third kappa shape index (κ3) is 4.58. The largest absolute Gasteiger partial charge is 0.493 e. The fourth-order valence-electron chi connectivity index (χ4n) is 6.23. The Labute approximate surface area is 237 Å². The Hall–Kier alpha value is -4.09. The quantitative estimate of drug-likeness (QED) is 0.470. The summed E-state index contributed by atoms with van der Waals surface area (Å²) >= 11 is 0. The van der Waals surface area contributed by atoms with Crippen LogP contribution in [-0.2, 0) is 11.3 Å². The Morgan fingerprint density at radius 2 is 1.85 bits per heavy atom. The second-order valence-electron chi connectivity index (χ2n) is 10.9. The lowest BCUT2D eigenvalue weighted by atomic mass is 10.1. The van der Waals surface area contributed by atoms with E-state index in [0.29, 0.717) is 93.5 Å². The maximum atomic E-state index is 14.2. The molecule has 1 saturated heterocycles. The fraction of sp³-hybridized carbons (Fsp3) is 0.517. The van der Waals surface area contributed by atoms with Gasteiger partial charge in [-0.3, -0.25) is 14.4 Å². The lowest BCUT2D eigenvalue weighted by molar-refractivity contribution is -0.131. The molecule has 12 heteroatoms. The van der Waals surface area contributed by atoms with E-state index >= 15 is 0 Å². The zero-order valence-electron chi connectivity index (χ0n) is 23.7. The number of ether oxygens (including phenoxy) is 2. The predicted octanol–water partition coefficient (Wildman–Crippen LogP) is 2.64. The summed E-state index contributed by atoms with van der Waals surface area (Å²) in [4.78, 5) is 46.4. The van der Waals surface area contributed by atoms with Crippen LogP contribution in [0.15, 0.2) is 23.0 Å². The molecule has 41 heavy (non-hydrogen) atoms. The number of rotatable bonds is 2. The van der Waals surface area contributed by atoms with Crippen LogP contribution in [0.1, 0.15) is 55.2 Å². The molecule has 3 aromatic rings. The minimum atomic E-state index is -0.448. The number of aromatic nitrogens is 3. The number of halogens is 1. The van der Waals surface area contributed by atoms with Crippen molar-refractivity contribution < 1.29 is 23.5 Å². The molecule has 7 rings (SSSR count). The second-order valence-corrected chi connectivity index (χ2v) is 10.9. The number of hydrogen-bond donors (Lipinski definition) is 0. The monoisotopic (exact) mass is 566 g/mol. The average Bonchev–Trinajstić information content (AvgIpc) is 3.33. The van der Waals surface area contributed by atoms with E-state index in [1.54, 1.807) is 11.0 Å². The van der Waals surface area contributed by atoms with Gasteiger partial charge >= 0.3 is 0 Å². The lowest BCUT2D eigenvalue weighted by Crippen LogP contribution is -2.49. The van der Waals surface area contributed by atoms with E-state index in [-0.39, 0.29) is 35.5 Å². The first-order valence-corrected chi connectivity index (χ1v) is 14.3. The van der Waals surface area contributed by atoms with E-state index in [1.165, 1.54) is 23.9 Å². The van der Waals surface area contributed by atoms with Gasteiger partial charge in [0, 0.05) is 63.4 Å². The molecule has 1 fully saturated rings. The summed E-state index contributed by atoms with van der Waals surface area (Å²) in [6.07, 6.45) is 1.73. The normalized spacial score (nSPS) is 19.8. The molecule has 0 aliphatic carbocycles. The summed E-state index contributed by atoms with van der Waals surface area (Å²) in [5.74, 6) is 0.560. The first-order chi connectivity index (χ1) is 19.8. The maximum Gasteiger partial charge on any atom is 0.280 e. The summed E-state index contributed by atoms with van der Waals surface area (Å²) in [7, 11) is 1.47. The molecule has 2 amide bonds. The van der Waals surface area contributed by atoms with Gasteiger partial charge in [0.1, 0.15) is 22.5 Å². The first-order valence-electron chi connectivity index (χ1n) is 14.3. The van der Waals surface area contributed by atoms with Crippen LogP contribution in [-0.4, -0.2) is 88.9 Å². The molecular formula is C29H35FN6O5. The van der Waals surface area contributed by atoms with Gasteiger partial charge in [-0.1, -0.05) is 6.07 Å². The number of carbonyl (C=O) groups excluding carboxylic acids is 2. The Kier molecular flexibility index (Phi) is 7.08. The van der Waals surface area contributed by atoms with E-state index in [9.17, 15) is 18.8 Å². The summed E-state index contributed by atoms with van der Waals surface area (Å²) < 4.78 is 29.2. The second kappa shape index (κ2) is 10.7. The summed E-state index contributed by atoms with van der Waals surface area (Å²) in [5, 5.41) is 5.16. The van der Waals surface area contributed by atoms with E-state index in [0.717, 1.165) is 0 Å². The van der Waals surface area contributed by atoms with E-state index in [2.05, 4.69) is 4.90 Å². The number of hydrogen-bond acceptors (Lipinski definition) is 7. The third-order valence-corrected chi connectivity index (χ3v) is 8.36. The minimum absolute atomic E-state index is 0.0457. The molecule has 2 aromatic heterocycles. The van der Waals surface area contributed by atoms with Gasteiger partial charge in [-0.25, -0.2) is 9.07 Å². The molecule has 1 aromatic carbocycles. The Morgan fingerprint density at radius 1 is 1.10 bits per heavy atom. The summed E-state index contributed by atoms with van der Waals surface area (Å²) in [5.41, 5.74) is 1.09. The molecule has 218 valence electrons. The number of amides is 2. The van der Waals surface area contributed by atoms with Gasteiger partial charge in [-0.15, -0.1) is 5.10 Å². The zero-order chi connectivity index (χ0) is 28.8. The van der Waals surface area contributed by atoms with E-state index < -0.39 is 11.4 Å². The Bertz CT molecular complexity index is 1570. The molecule has 0 saturated carbocycles. The van der Waals surface area contributed by atoms with E-state index in [4.69, 9.17) is 14.6 Å². The van der Waals surface area contributed by atoms with Crippen molar-refractivity contribution in [1.29, 1.82) is 0 Å². The van der Waals surface area contributed by atoms with Gasteiger partial charge in [-0.2, -0.15) is 0 Å². The third-order valence-electron chi connectivity index (χ3n) is 8.36. The fourth-order valence-corrected chi connectivity index (χ4v) is 6.23. The Balaban J connectivity index is 1.60. The first kappa shape index (κ1) is 27.1. The van der Waals surface area contributed by atoms with Gasteiger partial charge in [0.2, 0.25) is 5.91 Å². The molecule has 6 heterocycles. The smallest absolute Gasteiger partial charge is 0.280 e. The molecule has 11 nitrogen and oxygen atoms in total. The molecule has 0 unspecified atom stereocenters. The predicted molar refractivity (Wildman–Crippen MR) is 150 cm³/mol. The highest BCUT2D eigenvalue weighted by atomic mass is 19.1. The number of fused-ring (bicyclic) bond motifs is 10. The molecule has 1 atom stereocenters. The SMILES string of the molecule is CCN1C[C@H](C)n2c(c(OC)c3c(=O)n4nc(c32)N2CCN(CC2)C(=O)CCCCOc2cc(F)ccc2C4)C1=O. The lowest BCUT2D eigenvalue weighted by Gasteiger charge is -2.37. The van der Waals surface area contributed by atoms with Crippen LogP contribution in [0.25, 0.3) is 10.9 Å². The van der Waals surface area contributed by atoms with Crippen molar-refractivity contribution in [2.24, 2.45) is 0 Å². The van der Waals surface area contributed by atoms with Crippen molar-refractivity contribution in [1.82, 2.24) is 24.1 Å². The number of nitrogens with zero attached hydrogens (tertiary/aromatic N) is 6. The number of carbonyl (C=O) groups is 2.